The summed E-state index contributed by atoms with van der Waals surface area (Å²) in [6, 6.07) is 12.8. The Labute approximate surface area is 167 Å². The molecule has 0 saturated heterocycles. The monoisotopic (exact) mass is 420 g/mol. The summed E-state index contributed by atoms with van der Waals surface area (Å²) in [6.45, 7) is 0. The Balaban J connectivity index is 2.12. The van der Waals surface area contributed by atoms with Crippen LogP contribution in [0.1, 0.15) is 11.6 Å². The number of urea groups is 1. The van der Waals surface area contributed by atoms with Crippen molar-refractivity contribution in [2.75, 3.05) is 12.9 Å². The number of amides is 2. The van der Waals surface area contributed by atoms with Gasteiger partial charge in [0.2, 0.25) is 0 Å². The molecule has 1 aliphatic heterocycles. The Kier molecular flexibility index (Phi) is 5.71. The Morgan fingerprint density at radius 1 is 1.11 bits per heavy atom. The van der Waals surface area contributed by atoms with Crippen LogP contribution in [0.25, 0.3) is 0 Å². The van der Waals surface area contributed by atoms with Crippen molar-refractivity contribution in [3.05, 3.63) is 76.5 Å². The van der Waals surface area contributed by atoms with E-state index in [4.69, 9.17) is 16.3 Å². The number of carbonyl (C=O) groups excluding carboxylic acids is 2. The van der Waals surface area contributed by atoms with Crippen LogP contribution in [-0.4, -0.2) is 33.3 Å². The van der Waals surface area contributed by atoms with E-state index in [0.717, 1.165) is 0 Å². The number of ether oxygens (including phenoxy) is 1. The number of carbonyl (C=O) groups is 2. The zero-order valence-corrected chi connectivity index (χ0v) is 16.4. The Hall–Kier alpha value is -2.84. The topological polar surface area (TPSA) is 102 Å². The van der Waals surface area contributed by atoms with Crippen LogP contribution in [0.2, 0.25) is 5.02 Å². The van der Waals surface area contributed by atoms with Gasteiger partial charge in [-0.05, 0) is 23.8 Å². The average molecular weight is 421 g/mol. The van der Waals surface area contributed by atoms with Crippen LogP contribution in [0.4, 0.5) is 4.79 Å². The molecule has 28 heavy (non-hydrogen) atoms. The van der Waals surface area contributed by atoms with Crippen LogP contribution in [0.3, 0.4) is 0 Å². The van der Waals surface area contributed by atoms with Gasteiger partial charge in [0.05, 0.1) is 29.4 Å². The molecule has 0 aromatic heterocycles. The number of rotatable bonds is 5. The second-order valence-electron chi connectivity index (χ2n) is 6.01. The van der Waals surface area contributed by atoms with E-state index in [0.29, 0.717) is 10.6 Å². The lowest BCUT2D eigenvalue weighted by atomic mass is 9.95. The first-order valence-corrected chi connectivity index (χ1v) is 10.3. The molecule has 2 N–H and O–H groups in total. The third-order valence-electron chi connectivity index (χ3n) is 4.21. The molecule has 146 valence electrons. The highest BCUT2D eigenvalue weighted by atomic mass is 35.5. The van der Waals surface area contributed by atoms with E-state index in [1.54, 1.807) is 42.5 Å². The minimum Gasteiger partial charge on any atom is -0.466 e. The largest absolute Gasteiger partial charge is 0.466 e. The predicted octanol–water partition coefficient (Wildman–Crippen LogP) is 2.59. The maximum Gasteiger partial charge on any atom is 0.338 e. The molecule has 2 amide bonds. The molecule has 7 nitrogen and oxygen atoms in total. The van der Waals surface area contributed by atoms with Gasteiger partial charge in [0.25, 0.3) is 0 Å². The molecule has 2 aromatic rings. The number of halogens is 1. The lowest BCUT2D eigenvalue weighted by Crippen LogP contribution is -2.47. The van der Waals surface area contributed by atoms with Gasteiger partial charge in [-0.15, -0.1) is 0 Å². The van der Waals surface area contributed by atoms with Gasteiger partial charge in [-0.2, -0.15) is 0 Å². The third-order valence-corrected chi connectivity index (χ3v) is 6.22. The van der Waals surface area contributed by atoms with Crippen molar-refractivity contribution < 1.29 is 22.7 Å². The second-order valence-corrected chi connectivity index (χ2v) is 8.41. The van der Waals surface area contributed by atoms with Crippen molar-refractivity contribution in [1.82, 2.24) is 10.6 Å². The van der Waals surface area contributed by atoms with Gasteiger partial charge in [-0.25, -0.2) is 18.0 Å². The Morgan fingerprint density at radius 2 is 1.75 bits per heavy atom. The SMILES string of the molecule is COC(=O)C1=C(CS(=O)(=O)c2ccccc2)NC(=O)N[C@H]1c1ccccc1Cl. The molecule has 0 bridgehead atoms. The van der Waals surface area contributed by atoms with E-state index >= 15 is 0 Å². The minimum atomic E-state index is -3.81. The Morgan fingerprint density at radius 3 is 2.39 bits per heavy atom. The molecule has 0 unspecified atom stereocenters. The van der Waals surface area contributed by atoms with E-state index < -0.39 is 33.6 Å². The van der Waals surface area contributed by atoms with Crippen LogP contribution in [0.15, 0.2) is 70.8 Å². The fourth-order valence-electron chi connectivity index (χ4n) is 2.93. The maximum absolute atomic E-state index is 12.8. The van der Waals surface area contributed by atoms with Crippen LogP contribution in [0.5, 0.6) is 0 Å². The highest BCUT2D eigenvalue weighted by molar-refractivity contribution is 7.91. The number of esters is 1. The lowest BCUT2D eigenvalue weighted by Gasteiger charge is -2.29. The number of methoxy groups -OCH3 is 1. The fourth-order valence-corrected chi connectivity index (χ4v) is 4.52. The van der Waals surface area contributed by atoms with Crippen molar-refractivity contribution >= 4 is 33.4 Å². The van der Waals surface area contributed by atoms with E-state index in [9.17, 15) is 18.0 Å². The van der Waals surface area contributed by atoms with E-state index in [-0.39, 0.29) is 16.2 Å². The van der Waals surface area contributed by atoms with Crippen molar-refractivity contribution in [3.8, 4) is 0 Å². The zero-order chi connectivity index (χ0) is 20.3. The van der Waals surface area contributed by atoms with Gasteiger partial charge in [-0.3, -0.25) is 0 Å². The molecule has 0 fully saturated rings. The fraction of sp³-hybridized carbons (Fsp3) is 0.158. The molecule has 3 rings (SSSR count). The summed E-state index contributed by atoms with van der Waals surface area (Å²) in [6.07, 6.45) is 0. The molecule has 9 heteroatoms. The standard InChI is InChI=1S/C19H17ClN2O5S/c1-27-18(23)16-15(11-28(25,26)12-7-3-2-4-8-12)21-19(24)22-17(16)13-9-5-6-10-14(13)20/h2-10,17H,11H2,1H3,(H2,21,22,24)/t17-/m0/s1. The van der Waals surface area contributed by atoms with Gasteiger partial charge in [0.1, 0.15) is 0 Å². The Bertz CT molecular complexity index is 1050. The normalized spacial score (nSPS) is 16.9. The van der Waals surface area contributed by atoms with E-state index in [1.165, 1.54) is 19.2 Å². The molecule has 1 heterocycles. The predicted molar refractivity (Wildman–Crippen MR) is 103 cm³/mol. The molecule has 0 saturated carbocycles. The molecule has 1 aliphatic rings. The first kappa shape index (κ1) is 19.9. The molecule has 2 aromatic carbocycles. The lowest BCUT2D eigenvalue weighted by molar-refractivity contribution is -0.136. The second kappa shape index (κ2) is 8.04. The van der Waals surface area contributed by atoms with Crippen LogP contribution >= 0.6 is 11.6 Å². The van der Waals surface area contributed by atoms with Crippen molar-refractivity contribution in [2.45, 2.75) is 10.9 Å². The van der Waals surface area contributed by atoms with Gasteiger partial charge in [0.15, 0.2) is 9.84 Å². The van der Waals surface area contributed by atoms with Crippen LogP contribution < -0.4 is 10.6 Å². The van der Waals surface area contributed by atoms with Crippen molar-refractivity contribution in [1.29, 1.82) is 0 Å². The maximum atomic E-state index is 12.8. The number of sulfone groups is 1. The molecular weight excluding hydrogens is 404 g/mol. The zero-order valence-electron chi connectivity index (χ0n) is 14.8. The summed E-state index contributed by atoms with van der Waals surface area (Å²) in [5.41, 5.74) is 0.383. The van der Waals surface area contributed by atoms with Gasteiger partial charge in [-0.1, -0.05) is 48.0 Å². The number of hydrogen-bond acceptors (Lipinski definition) is 5. The molecule has 0 spiro atoms. The number of benzene rings is 2. The van der Waals surface area contributed by atoms with E-state index in [2.05, 4.69) is 10.6 Å². The summed E-state index contributed by atoms with van der Waals surface area (Å²) in [4.78, 5) is 24.8. The number of nitrogens with one attached hydrogen (secondary N) is 2. The van der Waals surface area contributed by atoms with Crippen LogP contribution in [0, 0.1) is 0 Å². The number of hydrogen-bond donors (Lipinski definition) is 2. The summed E-state index contributed by atoms with van der Waals surface area (Å²) in [7, 11) is -2.64. The summed E-state index contributed by atoms with van der Waals surface area (Å²) >= 11 is 6.23. The van der Waals surface area contributed by atoms with Crippen molar-refractivity contribution in [3.63, 3.8) is 0 Å². The van der Waals surface area contributed by atoms with E-state index in [1.807, 2.05) is 0 Å². The summed E-state index contributed by atoms with van der Waals surface area (Å²) in [5.74, 6) is -1.34. The highest BCUT2D eigenvalue weighted by Gasteiger charge is 2.36. The van der Waals surface area contributed by atoms with Crippen LogP contribution in [-0.2, 0) is 19.4 Å². The average Bonchev–Trinajstić information content (AvgIpc) is 2.68. The molecular formula is C19H17ClN2O5S. The third kappa shape index (κ3) is 4.02. The first-order chi connectivity index (χ1) is 13.3. The van der Waals surface area contributed by atoms with Gasteiger partial charge >= 0.3 is 12.0 Å². The smallest absolute Gasteiger partial charge is 0.338 e. The minimum absolute atomic E-state index is 0.0188. The van der Waals surface area contributed by atoms with Gasteiger partial charge < -0.3 is 15.4 Å². The molecule has 0 radical (unpaired) electrons. The first-order valence-electron chi connectivity index (χ1n) is 8.24. The summed E-state index contributed by atoms with van der Waals surface area (Å²) < 4.78 is 30.4. The van der Waals surface area contributed by atoms with Gasteiger partial charge in [0, 0.05) is 10.7 Å². The molecule has 1 atom stereocenters. The highest BCUT2D eigenvalue weighted by Crippen LogP contribution is 2.32. The summed E-state index contributed by atoms with van der Waals surface area (Å²) in [5, 5.41) is 5.36. The quantitative estimate of drug-likeness (QED) is 0.724. The van der Waals surface area contributed by atoms with Crippen molar-refractivity contribution in [2.24, 2.45) is 0 Å². The molecule has 0 aliphatic carbocycles.